The van der Waals surface area contributed by atoms with Gasteiger partial charge >= 0.3 is 5.97 Å². The van der Waals surface area contributed by atoms with Crippen LogP contribution < -0.4 is 4.72 Å². The molecule has 0 saturated heterocycles. The summed E-state index contributed by atoms with van der Waals surface area (Å²) in [7, 11) is -4.17. The maximum absolute atomic E-state index is 11.7. The number of hydrogen-bond acceptors (Lipinski definition) is 4. The van der Waals surface area contributed by atoms with Crippen molar-refractivity contribution in [3.05, 3.63) is 28.2 Å². The number of halogens is 1. The third-order valence-corrected chi connectivity index (χ3v) is 3.71. The van der Waals surface area contributed by atoms with Crippen molar-refractivity contribution in [3.8, 4) is 0 Å². The van der Waals surface area contributed by atoms with Gasteiger partial charge in [0, 0.05) is 11.4 Å². The Labute approximate surface area is 106 Å². The van der Waals surface area contributed by atoms with Crippen molar-refractivity contribution in [2.45, 2.75) is 11.8 Å². The summed E-state index contributed by atoms with van der Waals surface area (Å²) in [5, 5.41) is 8.86. The summed E-state index contributed by atoms with van der Waals surface area (Å²) in [6.45, 7) is 1.02. The molecule has 0 aliphatic heterocycles. The largest absolute Gasteiger partial charge is 0.478 e. The summed E-state index contributed by atoms with van der Waals surface area (Å²) in [5.41, 5.74) is -0.401. The van der Waals surface area contributed by atoms with Crippen molar-refractivity contribution in [2.24, 2.45) is 0 Å². The van der Waals surface area contributed by atoms with Crippen LogP contribution in [0.4, 0.5) is 0 Å². The highest BCUT2D eigenvalue weighted by atomic mass is 79.9. The first-order valence-electron chi connectivity index (χ1n) is 4.30. The van der Waals surface area contributed by atoms with Gasteiger partial charge in [-0.25, -0.2) is 17.9 Å². The summed E-state index contributed by atoms with van der Waals surface area (Å²) in [4.78, 5) is 21.2. The number of carboxylic acids is 1. The normalized spacial score (nSPS) is 10.9. The lowest BCUT2D eigenvalue weighted by Gasteiger charge is -2.08. The second-order valence-electron chi connectivity index (χ2n) is 3.11. The van der Waals surface area contributed by atoms with Crippen molar-refractivity contribution in [1.82, 2.24) is 4.72 Å². The molecule has 1 aromatic rings. The minimum Gasteiger partial charge on any atom is -0.478 e. The van der Waals surface area contributed by atoms with E-state index in [9.17, 15) is 18.0 Å². The van der Waals surface area contributed by atoms with Gasteiger partial charge in [0.25, 0.3) is 10.0 Å². The molecule has 17 heavy (non-hydrogen) atoms. The second-order valence-corrected chi connectivity index (χ2v) is 5.67. The molecule has 0 aliphatic rings. The smallest absolute Gasteiger partial charge is 0.337 e. The van der Waals surface area contributed by atoms with Gasteiger partial charge in [-0.1, -0.05) is 15.9 Å². The molecule has 0 aromatic heterocycles. The summed E-state index contributed by atoms with van der Waals surface area (Å²) in [6.07, 6.45) is 0. The fraction of sp³-hybridized carbons (Fsp3) is 0.111. The van der Waals surface area contributed by atoms with Crippen molar-refractivity contribution in [2.75, 3.05) is 0 Å². The first-order valence-corrected chi connectivity index (χ1v) is 6.58. The van der Waals surface area contributed by atoms with E-state index < -0.39 is 32.4 Å². The number of nitrogens with one attached hydrogen (secondary N) is 1. The van der Waals surface area contributed by atoms with Crippen molar-refractivity contribution >= 4 is 37.8 Å². The molecule has 0 unspecified atom stereocenters. The lowest BCUT2D eigenvalue weighted by atomic mass is 10.2. The molecule has 0 atom stereocenters. The van der Waals surface area contributed by atoms with E-state index in [-0.39, 0.29) is 0 Å². The summed E-state index contributed by atoms with van der Waals surface area (Å²) >= 11 is 3.03. The van der Waals surface area contributed by atoms with E-state index in [1.165, 1.54) is 6.07 Å². The fourth-order valence-electron chi connectivity index (χ4n) is 1.14. The molecule has 6 nitrogen and oxygen atoms in total. The maximum atomic E-state index is 11.7. The Morgan fingerprint density at radius 1 is 1.35 bits per heavy atom. The predicted molar refractivity (Wildman–Crippen MR) is 62.1 cm³/mol. The van der Waals surface area contributed by atoms with E-state index in [2.05, 4.69) is 15.9 Å². The quantitative estimate of drug-likeness (QED) is 0.864. The maximum Gasteiger partial charge on any atom is 0.337 e. The molecule has 0 heterocycles. The Morgan fingerprint density at radius 2 is 1.94 bits per heavy atom. The zero-order valence-electron chi connectivity index (χ0n) is 8.60. The highest BCUT2D eigenvalue weighted by Gasteiger charge is 2.23. The van der Waals surface area contributed by atoms with Gasteiger partial charge in [-0.3, -0.25) is 4.79 Å². The highest BCUT2D eigenvalue weighted by molar-refractivity contribution is 9.10. The van der Waals surface area contributed by atoms with E-state index in [1.807, 2.05) is 0 Å². The van der Waals surface area contributed by atoms with Gasteiger partial charge in [0.05, 0.1) is 5.56 Å². The lowest BCUT2D eigenvalue weighted by molar-refractivity contribution is -0.117. The number of amides is 1. The molecule has 0 fully saturated rings. The Hall–Kier alpha value is -1.41. The first-order chi connectivity index (χ1) is 7.74. The van der Waals surface area contributed by atoms with Crippen LogP contribution in [-0.4, -0.2) is 25.4 Å². The molecule has 2 N–H and O–H groups in total. The summed E-state index contributed by atoms with van der Waals surface area (Å²) < 4.78 is 25.5. The molecule has 1 rings (SSSR count). The van der Waals surface area contributed by atoms with Crippen LogP contribution in [0.2, 0.25) is 0 Å². The molecule has 1 amide bonds. The van der Waals surface area contributed by atoms with Crippen molar-refractivity contribution in [1.29, 1.82) is 0 Å². The summed E-state index contributed by atoms with van der Waals surface area (Å²) in [6, 6.07) is 3.66. The van der Waals surface area contributed by atoms with E-state index in [1.54, 1.807) is 4.72 Å². The minimum absolute atomic E-state index is 0.395. The second kappa shape index (κ2) is 4.84. The highest BCUT2D eigenvalue weighted by Crippen LogP contribution is 2.21. The molecule has 0 aliphatic carbocycles. The molecular weight excluding hydrogens is 314 g/mol. The minimum atomic E-state index is -4.17. The molecular formula is C9H8BrNO5S. The molecule has 1 aromatic carbocycles. The Kier molecular flexibility index (Phi) is 3.89. The fourth-order valence-corrected chi connectivity index (χ4v) is 2.87. The van der Waals surface area contributed by atoms with Crippen LogP contribution >= 0.6 is 15.9 Å². The average molecular weight is 322 g/mol. The van der Waals surface area contributed by atoms with Crippen LogP contribution in [0.1, 0.15) is 17.3 Å². The Bertz CT molecular complexity index is 581. The number of rotatable bonds is 3. The average Bonchev–Trinajstić information content (AvgIpc) is 2.14. The zero-order chi connectivity index (χ0) is 13.2. The predicted octanol–water partition coefficient (Wildman–Crippen LogP) is 0.972. The van der Waals surface area contributed by atoms with Crippen LogP contribution in [0.5, 0.6) is 0 Å². The van der Waals surface area contributed by atoms with E-state index in [4.69, 9.17) is 5.11 Å². The number of hydrogen-bond donors (Lipinski definition) is 2. The van der Waals surface area contributed by atoms with E-state index >= 15 is 0 Å². The monoisotopic (exact) mass is 321 g/mol. The number of carbonyl (C=O) groups is 2. The molecule has 92 valence electrons. The van der Waals surface area contributed by atoms with Gasteiger partial charge in [-0.15, -0.1) is 0 Å². The number of benzene rings is 1. The third kappa shape index (κ3) is 3.27. The first kappa shape index (κ1) is 13.7. The van der Waals surface area contributed by atoms with Crippen LogP contribution in [0, 0.1) is 0 Å². The van der Waals surface area contributed by atoms with Gasteiger partial charge in [-0.05, 0) is 18.2 Å². The number of sulfonamides is 1. The zero-order valence-corrected chi connectivity index (χ0v) is 11.0. The van der Waals surface area contributed by atoms with Crippen molar-refractivity contribution in [3.63, 3.8) is 0 Å². The topological polar surface area (TPSA) is 101 Å². The number of aromatic carboxylic acids is 1. The third-order valence-electron chi connectivity index (χ3n) is 1.74. The Morgan fingerprint density at radius 3 is 2.41 bits per heavy atom. The van der Waals surface area contributed by atoms with Crippen molar-refractivity contribution < 1.29 is 23.1 Å². The van der Waals surface area contributed by atoms with Gasteiger partial charge in [0.15, 0.2) is 0 Å². The molecule has 0 saturated carbocycles. The van der Waals surface area contributed by atoms with Gasteiger partial charge in [0.1, 0.15) is 4.90 Å². The van der Waals surface area contributed by atoms with Crippen LogP contribution in [0.15, 0.2) is 27.6 Å². The van der Waals surface area contributed by atoms with E-state index in [0.717, 1.165) is 19.1 Å². The molecule has 8 heteroatoms. The Balaban J connectivity index is 3.43. The molecule has 0 bridgehead atoms. The van der Waals surface area contributed by atoms with Gasteiger partial charge < -0.3 is 5.11 Å². The SMILES string of the molecule is CC(=O)NS(=O)(=O)c1cc(Br)ccc1C(=O)O. The van der Waals surface area contributed by atoms with Crippen LogP contribution in [0.3, 0.4) is 0 Å². The van der Waals surface area contributed by atoms with Crippen LogP contribution in [0.25, 0.3) is 0 Å². The number of carbonyl (C=O) groups excluding carboxylic acids is 1. The molecule has 0 radical (unpaired) electrons. The summed E-state index contributed by atoms with van der Waals surface area (Å²) in [5.74, 6) is -2.18. The van der Waals surface area contributed by atoms with Gasteiger partial charge in [-0.2, -0.15) is 0 Å². The standard InChI is InChI=1S/C9H8BrNO5S/c1-5(12)11-17(15,16)8-4-6(10)2-3-7(8)9(13)14/h2-4H,1H3,(H,11,12)(H,13,14). The lowest BCUT2D eigenvalue weighted by Crippen LogP contribution is -2.29. The number of carboxylic acid groups (broad SMARTS) is 1. The van der Waals surface area contributed by atoms with E-state index in [0.29, 0.717) is 4.47 Å². The van der Waals surface area contributed by atoms with Crippen LogP contribution in [-0.2, 0) is 14.8 Å². The molecule has 0 spiro atoms. The van der Waals surface area contributed by atoms with Gasteiger partial charge in [0.2, 0.25) is 5.91 Å².